The molecule has 0 aromatic heterocycles. The third kappa shape index (κ3) is 5.00. The normalized spacial score (nSPS) is 21.3. The van der Waals surface area contributed by atoms with Crippen LogP contribution < -0.4 is 14.2 Å². The summed E-state index contributed by atoms with van der Waals surface area (Å²) in [6.07, 6.45) is 0.0934. The SMILES string of the molecule is COc1ccc(CCOc2cc(C3CN(C(=O)CO)CC3(C)C(C)O)ccc2OC)cc1. The molecule has 3 atom stereocenters. The Kier molecular flexibility index (Phi) is 7.64. The van der Waals surface area contributed by atoms with Crippen molar-refractivity contribution in [3.63, 3.8) is 0 Å². The van der Waals surface area contributed by atoms with Crippen molar-refractivity contribution in [3.8, 4) is 17.2 Å². The van der Waals surface area contributed by atoms with Crippen molar-refractivity contribution < 1.29 is 29.2 Å². The van der Waals surface area contributed by atoms with Crippen molar-refractivity contribution in [2.75, 3.05) is 40.5 Å². The maximum Gasteiger partial charge on any atom is 0.248 e. The summed E-state index contributed by atoms with van der Waals surface area (Å²) in [7, 11) is 3.24. The largest absolute Gasteiger partial charge is 0.497 e. The fourth-order valence-electron chi connectivity index (χ4n) is 4.31. The lowest BCUT2D eigenvalue weighted by Gasteiger charge is -2.33. The number of aliphatic hydroxyl groups is 2. The Morgan fingerprint density at radius 2 is 1.88 bits per heavy atom. The first kappa shape index (κ1) is 23.9. The zero-order valence-electron chi connectivity index (χ0n) is 19.2. The standard InChI is InChI=1S/C25H33NO6/c1-17(28)25(2)16-26(24(29)15-27)14-21(25)19-7-10-22(31-4)23(13-19)32-12-11-18-5-8-20(30-3)9-6-18/h5-10,13,17,21,27-28H,11-12,14-16H2,1-4H3. The maximum absolute atomic E-state index is 12.1. The molecule has 2 aromatic rings. The van der Waals surface area contributed by atoms with Crippen LogP contribution in [-0.4, -0.2) is 67.6 Å². The Morgan fingerprint density at radius 3 is 2.47 bits per heavy atom. The Balaban J connectivity index is 1.78. The molecule has 0 aliphatic carbocycles. The van der Waals surface area contributed by atoms with Crippen LogP contribution in [0.25, 0.3) is 0 Å². The highest BCUT2D eigenvalue weighted by Gasteiger charge is 2.48. The lowest BCUT2D eigenvalue weighted by molar-refractivity contribution is -0.133. The molecule has 1 amide bonds. The average Bonchev–Trinajstić information content (AvgIpc) is 3.18. The van der Waals surface area contributed by atoms with Gasteiger partial charge >= 0.3 is 0 Å². The summed E-state index contributed by atoms with van der Waals surface area (Å²) in [5, 5.41) is 19.8. The molecule has 2 N–H and O–H groups in total. The van der Waals surface area contributed by atoms with Crippen LogP contribution in [0.1, 0.15) is 30.9 Å². The van der Waals surface area contributed by atoms with Crippen molar-refractivity contribution in [1.82, 2.24) is 4.90 Å². The number of hydrogen-bond acceptors (Lipinski definition) is 6. The first-order valence-corrected chi connectivity index (χ1v) is 10.8. The van der Waals surface area contributed by atoms with E-state index >= 15 is 0 Å². The van der Waals surface area contributed by atoms with E-state index in [9.17, 15) is 15.0 Å². The molecule has 7 nitrogen and oxygen atoms in total. The van der Waals surface area contributed by atoms with Gasteiger partial charge in [-0.2, -0.15) is 0 Å². The number of carbonyl (C=O) groups excluding carboxylic acids is 1. The van der Waals surface area contributed by atoms with Crippen molar-refractivity contribution in [2.24, 2.45) is 5.41 Å². The number of likely N-dealkylation sites (tertiary alicyclic amines) is 1. The summed E-state index contributed by atoms with van der Waals surface area (Å²) < 4.78 is 16.8. The highest BCUT2D eigenvalue weighted by Crippen LogP contribution is 2.46. The Bertz CT molecular complexity index is 913. The van der Waals surface area contributed by atoms with E-state index in [0.717, 1.165) is 23.3 Å². The van der Waals surface area contributed by atoms with Gasteiger partial charge in [0.1, 0.15) is 12.4 Å². The molecular formula is C25H33NO6. The number of ether oxygens (including phenoxy) is 3. The third-order valence-electron chi connectivity index (χ3n) is 6.57. The van der Waals surface area contributed by atoms with Crippen molar-refractivity contribution >= 4 is 5.91 Å². The van der Waals surface area contributed by atoms with Gasteiger partial charge in [0.05, 0.1) is 26.9 Å². The Hall–Kier alpha value is -2.77. The summed E-state index contributed by atoms with van der Waals surface area (Å²) in [5.74, 6) is 1.63. The first-order valence-electron chi connectivity index (χ1n) is 10.8. The van der Waals surface area contributed by atoms with Gasteiger partial charge in [0.25, 0.3) is 0 Å². The summed E-state index contributed by atoms with van der Waals surface area (Å²) in [6.45, 7) is 4.47. The number of amides is 1. The van der Waals surface area contributed by atoms with E-state index in [4.69, 9.17) is 14.2 Å². The minimum atomic E-state index is -0.634. The molecule has 1 aliphatic heterocycles. The van der Waals surface area contributed by atoms with Crippen LogP contribution in [0.5, 0.6) is 17.2 Å². The molecule has 0 spiro atoms. The molecule has 1 heterocycles. The quantitative estimate of drug-likeness (QED) is 0.620. The predicted molar refractivity (Wildman–Crippen MR) is 121 cm³/mol. The molecular weight excluding hydrogens is 410 g/mol. The topological polar surface area (TPSA) is 88.5 Å². The van der Waals surface area contributed by atoms with Gasteiger partial charge in [-0.3, -0.25) is 4.79 Å². The minimum absolute atomic E-state index is 0.104. The second kappa shape index (κ2) is 10.2. The van der Waals surface area contributed by atoms with Crippen LogP contribution in [0.3, 0.4) is 0 Å². The molecule has 32 heavy (non-hydrogen) atoms. The van der Waals surface area contributed by atoms with E-state index in [1.165, 1.54) is 0 Å². The van der Waals surface area contributed by atoms with E-state index < -0.39 is 18.1 Å². The molecule has 0 saturated carbocycles. The Labute approximate surface area is 189 Å². The smallest absolute Gasteiger partial charge is 0.248 e. The molecule has 1 aliphatic rings. The molecule has 1 fully saturated rings. The maximum atomic E-state index is 12.1. The van der Waals surface area contributed by atoms with Crippen LogP contribution in [0.2, 0.25) is 0 Å². The van der Waals surface area contributed by atoms with Gasteiger partial charge in [0.2, 0.25) is 5.91 Å². The van der Waals surface area contributed by atoms with Crippen LogP contribution in [0.4, 0.5) is 0 Å². The summed E-state index contributed by atoms with van der Waals surface area (Å²) >= 11 is 0. The van der Waals surface area contributed by atoms with Gasteiger partial charge in [-0.05, 0) is 42.3 Å². The van der Waals surface area contributed by atoms with E-state index in [-0.39, 0.29) is 11.8 Å². The van der Waals surface area contributed by atoms with Gasteiger partial charge in [0.15, 0.2) is 11.5 Å². The fraction of sp³-hybridized carbons (Fsp3) is 0.480. The van der Waals surface area contributed by atoms with E-state index in [2.05, 4.69) is 0 Å². The lowest BCUT2D eigenvalue weighted by atomic mass is 9.72. The second-order valence-corrected chi connectivity index (χ2v) is 8.52. The highest BCUT2D eigenvalue weighted by atomic mass is 16.5. The average molecular weight is 444 g/mol. The summed E-state index contributed by atoms with van der Waals surface area (Å²) in [5.41, 5.74) is 1.55. The summed E-state index contributed by atoms with van der Waals surface area (Å²) in [4.78, 5) is 13.7. The molecule has 174 valence electrons. The van der Waals surface area contributed by atoms with E-state index in [0.29, 0.717) is 31.2 Å². The highest BCUT2D eigenvalue weighted by molar-refractivity contribution is 5.77. The summed E-state index contributed by atoms with van der Waals surface area (Å²) in [6, 6.07) is 13.6. The molecule has 0 radical (unpaired) electrons. The number of methoxy groups -OCH3 is 2. The number of rotatable bonds is 9. The van der Waals surface area contributed by atoms with E-state index in [1.54, 1.807) is 26.0 Å². The zero-order chi connectivity index (χ0) is 23.3. The van der Waals surface area contributed by atoms with Gasteiger partial charge in [-0.1, -0.05) is 25.1 Å². The van der Waals surface area contributed by atoms with Gasteiger partial charge < -0.3 is 29.3 Å². The van der Waals surface area contributed by atoms with Crippen LogP contribution in [0.15, 0.2) is 42.5 Å². The fourth-order valence-corrected chi connectivity index (χ4v) is 4.31. The van der Waals surface area contributed by atoms with Gasteiger partial charge in [-0.25, -0.2) is 0 Å². The van der Waals surface area contributed by atoms with Crippen LogP contribution in [-0.2, 0) is 11.2 Å². The molecule has 2 aromatic carbocycles. The molecule has 7 heteroatoms. The number of hydrogen-bond donors (Lipinski definition) is 2. The number of carbonyl (C=O) groups is 1. The minimum Gasteiger partial charge on any atom is -0.497 e. The van der Waals surface area contributed by atoms with Crippen molar-refractivity contribution in [2.45, 2.75) is 32.3 Å². The lowest BCUT2D eigenvalue weighted by Crippen LogP contribution is -2.38. The second-order valence-electron chi connectivity index (χ2n) is 8.52. The number of nitrogens with zero attached hydrogens (tertiary/aromatic N) is 1. The molecule has 3 rings (SSSR count). The predicted octanol–water partition coefficient (Wildman–Crippen LogP) is 2.63. The van der Waals surface area contributed by atoms with Gasteiger partial charge in [-0.15, -0.1) is 0 Å². The van der Waals surface area contributed by atoms with Crippen molar-refractivity contribution in [1.29, 1.82) is 0 Å². The van der Waals surface area contributed by atoms with E-state index in [1.807, 2.05) is 49.4 Å². The molecule has 0 bridgehead atoms. The monoisotopic (exact) mass is 443 g/mol. The van der Waals surface area contributed by atoms with Crippen LogP contribution in [0, 0.1) is 5.41 Å². The number of aliphatic hydroxyl groups excluding tert-OH is 2. The molecule has 3 unspecified atom stereocenters. The first-order chi connectivity index (χ1) is 15.3. The third-order valence-corrected chi connectivity index (χ3v) is 6.57. The van der Waals surface area contributed by atoms with Crippen molar-refractivity contribution in [3.05, 3.63) is 53.6 Å². The molecule has 1 saturated heterocycles. The van der Waals surface area contributed by atoms with Gasteiger partial charge in [0, 0.05) is 30.8 Å². The zero-order valence-corrected chi connectivity index (χ0v) is 19.2. The van der Waals surface area contributed by atoms with Crippen LogP contribution >= 0.6 is 0 Å². The number of benzene rings is 2. The Morgan fingerprint density at radius 1 is 1.16 bits per heavy atom.